The van der Waals surface area contributed by atoms with Gasteiger partial charge in [-0.3, -0.25) is 9.48 Å². The zero-order valence-corrected chi connectivity index (χ0v) is 20.1. The van der Waals surface area contributed by atoms with Crippen molar-refractivity contribution in [2.24, 2.45) is 12.0 Å². The van der Waals surface area contributed by atoms with Gasteiger partial charge in [0.05, 0.1) is 32.6 Å². The number of hydrogen-bond acceptors (Lipinski definition) is 5. The first-order valence-corrected chi connectivity index (χ1v) is 9.58. The number of methoxy groups -OCH3 is 2. The van der Waals surface area contributed by atoms with Gasteiger partial charge in [-0.2, -0.15) is 5.10 Å². The number of benzene rings is 1. The van der Waals surface area contributed by atoms with Crippen molar-refractivity contribution in [1.29, 1.82) is 0 Å². The van der Waals surface area contributed by atoms with E-state index in [1.165, 1.54) is 0 Å². The number of carbonyl (C=O) groups excluding carboxylic acids is 1. The van der Waals surface area contributed by atoms with Gasteiger partial charge in [-0.15, -0.1) is 24.0 Å². The first-order chi connectivity index (χ1) is 14.0. The van der Waals surface area contributed by atoms with E-state index in [4.69, 9.17) is 14.5 Å². The number of anilines is 1. The molecule has 30 heavy (non-hydrogen) atoms. The minimum Gasteiger partial charge on any atom is -0.497 e. The Balaban J connectivity index is 0.00000320. The fraction of sp³-hybridized carbons (Fsp3) is 0.450. The van der Waals surface area contributed by atoms with E-state index in [-0.39, 0.29) is 36.4 Å². The molecule has 0 aliphatic carbocycles. The van der Waals surface area contributed by atoms with E-state index in [2.05, 4.69) is 10.4 Å². The zero-order chi connectivity index (χ0) is 20.8. The number of nitrogens with zero attached hydrogens (tertiary/aromatic N) is 5. The second kappa shape index (κ2) is 11.0. The highest BCUT2D eigenvalue weighted by Crippen LogP contribution is 2.25. The molecule has 1 aliphatic heterocycles. The molecule has 0 saturated carbocycles. The molecule has 0 spiro atoms. The summed E-state index contributed by atoms with van der Waals surface area (Å²) in [4.78, 5) is 21.2. The van der Waals surface area contributed by atoms with E-state index >= 15 is 0 Å². The van der Waals surface area contributed by atoms with Crippen molar-refractivity contribution in [2.45, 2.75) is 13.5 Å². The van der Waals surface area contributed by atoms with Gasteiger partial charge in [0.15, 0.2) is 5.96 Å². The van der Waals surface area contributed by atoms with Crippen LogP contribution in [0.3, 0.4) is 0 Å². The van der Waals surface area contributed by atoms with Crippen LogP contribution in [0.2, 0.25) is 0 Å². The normalized spacial score (nSPS) is 14.4. The highest BCUT2D eigenvalue weighted by Gasteiger charge is 2.27. The fourth-order valence-electron chi connectivity index (χ4n) is 3.24. The number of ether oxygens (including phenoxy) is 2. The number of rotatable bonds is 6. The Morgan fingerprint density at radius 1 is 1.27 bits per heavy atom. The third-order valence-corrected chi connectivity index (χ3v) is 4.75. The van der Waals surface area contributed by atoms with Gasteiger partial charge < -0.3 is 24.6 Å². The lowest BCUT2D eigenvalue weighted by atomic mass is 10.2. The average Bonchev–Trinajstić information content (AvgIpc) is 3.16. The number of aromatic nitrogens is 2. The van der Waals surface area contributed by atoms with Crippen LogP contribution < -0.4 is 19.7 Å². The fourth-order valence-corrected chi connectivity index (χ4v) is 3.24. The lowest BCUT2D eigenvalue weighted by Crippen LogP contribution is -2.55. The summed E-state index contributed by atoms with van der Waals surface area (Å²) in [6, 6.07) is 5.67. The van der Waals surface area contributed by atoms with E-state index in [1.54, 1.807) is 30.0 Å². The molecule has 1 amide bonds. The van der Waals surface area contributed by atoms with Gasteiger partial charge in [0.2, 0.25) is 5.91 Å². The Morgan fingerprint density at radius 2 is 2.07 bits per heavy atom. The largest absolute Gasteiger partial charge is 0.497 e. The average molecular weight is 528 g/mol. The molecular formula is C20H29IN6O3. The van der Waals surface area contributed by atoms with Gasteiger partial charge in [-0.1, -0.05) is 0 Å². The van der Waals surface area contributed by atoms with Gasteiger partial charge in [0.1, 0.15) is 18.0 Å². The van der Waals surface area contributed by atoms with Crippen LogP contribution in [0.15, 0.2) is 35.6 Å². The van der Waals surface area contributed by atoms with Gasteiger partial charge in [0, 0.05) is 44.5 Å². The predicted octanol–water partition coefficient (Wildman–Crippen LogP) is 1.87. The first kappa shape index (κ1) is 23.8. The van der Waals surface area contributed by atoms with Crippen molar-refractivity contribution in [3.8, 4) is 11.5 Å². The molecule has 2 aromatic rings. The van der Waals surface area contributed by atoms with Gasteiger partial charge >= 0.3 is 0 Å². The highest BCUT2D eigenvalue weighted by molar-refractivity contribution is 14.0. The number of nitrogens with one attached hydrogen (secondary N) is 1. The van der Waals surface area contributed by atoms with Gasteiger partial charge in [-0.05, 0) is 19.1 Å². The van der Waals surface area contributed by atoms with Crippen LogP contribution in [-0.4, -0.2) is 66.9 Å². The van der Waals surface area contributed by atoms with Crippen molar-refractivity contribution >= 4 is 41.5 Å². The Morgan fingerprint density at radius 3 is 2.67 bits per heavy atom. The molecule has 0 unspecified atom stereocenters. The van der Waals surface area contributed by atoms with Crippen LogP contribution in [-0.2, 0) is 18.4 Å². The molecule has 9 nitrogen and oxygen atoms in total. The Labute approximate surface area is 194 Å². The van der Waals surface area contributed by atoms with Gasteiger partial charge in [0.25, 0.3) is 0 Å². The maximum atomic E-state index is 12.7. The maximum absolute atomic E-state index is 12.7. The molecule has 164 valence electrons. The minimum atomic E-state index is 0. The van der Waals surface area contributed by atoms with Crippen LogP contribution in [0.5, 0.6) is 11.5 Å². The van der Waals surface area contributed by atoms with Crippen molar-refractivity contribution < 1.29 is 14.3 Å². The van der Waals surface area contributed by atoms with Gasteiger partial charge in [-0.25, -0.2) is 4.99 Å². The Hall–Kier alpha value is -2.50. The smallest absolute Gasteiger partial charge is 0.246 e. The summed E-state index contributed by atoms with van der Waals surface area (Å²) < 4.78 is 12.4. The molecule has 2 heterocycles. The minimum absolute atomic E-state index is 0. The number of hydrogen-bond donors (Lipinski definition) is 1. The number of halogens is 1. The second-order valence-electron chi connectivity index (χ2n) is 6.69. The van der Waals surface area contributed by atoms with E-state index in [1.807, 2.05) is 43.3 Å². The van der Waals surface area contributed by atoms with Crippen molar-refractivity contribution in [2.75, 3.05) is 45.3 Å². The summed E-state index contributed by atoms with van der Waals surface area (Å²) >= 11 is 0. The van der Waals surface area contributed by atoms with Crippen molar-refractivity contribution in [1.82, 2.24) is 20.0 Å². The van der Waals surface area contributed by atoms with E-state index < -0.39 is 0 Å². The van der Waals surface area contributed by atoms with Crippen molar-refractivity contribution in [3.63, 3.8) is 0 Å². The molecule has 1 aliphatic rings. The molecule has 0 bridgehead atoms. The van der Waals surface area contributed by atoms with Crippen LogP contribution >= 0.6 is 24.0 Å². The Bertz CT molecular complexity index is 885. The molecular weight excluding hydrogens is 499 g/mol. The summed E-state index contributed by atoms with van der Waals surface area (Å²) in [5, 5.41) is 7.44. The SMILES string of the molecule is CCNC(=NCc1ccc(OC)cc1OC)N1CCN(c2cnn(C)c2)C(=O)C1.I. The summed E-state index contributed by atoms with van der Waals surface area (Å²) in [6.07, 6.45) is 3.56. The summed E-state index contributed by atoms with van der Waals surface area (Å²) in [6.45, 7) is 4.70. The third-order valence-electron chi connectivity index (χ3n) is 4.75. The van der Waals surface area contributed by atoms with Crippen LogP contribution in [0, 0.1) is 0 Å². The van der Waals surface area contributed by atoms with E-state index in [9.17, 15) is 4.79 Å². The molecule has 1 aromatic carbocycles. The molecule has 3 rings (SSSR count). The molecule has 0 atom stereocenters. The van der Waals surface area contributed by atoms with Crippen LogP contribution in [0.25, 0.3) is 0 Å². The molecule has 1 fully saturated rings. The number of carbonyl (C=O) groups is 1. The van der Waals surface area contributed by atoms with E-state index in [0.717, 1.165) is 29.3 Å². The molecule has 1 saturated heterocycles. The number of amides is 1. The second-order valence-corrected chi connectivity index (χ2v) is 6.69. The van der Waals surface area contributed by atoms with Crippen LogP contribution in [0.1, 0.15) is 12.5 Å². The summed E-state index contributed by atoms with van der Waals surface area (Å²) in [5.41, 5.74) is 1.77. The van der Waals surface area contributed by atoms with Crippen molar-refractivity contribution in [3.05, 3.63) is 36.2 Å². The summed E-state index contributed by atoms with van der Waals surface area (Å²) in [5.74, 6) is 2.20. The van der Waals surface area contributed by atoms with Crippen LogP contribution in [0.4, 0.5) is 5.69 Å². The molecule has 10 heteroatoms. The first-order valence-electron chi connectivity index (χ1n) is 9.58. The Kier molecular flexibility index (Phi) is 8.75. The number of guanidine groups is 1. The summed E-state index contributed by atoms with van der Waals surface area (Å²) in [7, 11) is 5.09. The third kappa shape index (κ3) is 5.55. The number of aliphatic imine (C=N–C) groups is 1. The maximum Gasteiger partial charge on any atom is 0.246 e. The molecule has 1 N–H and O–H groups in total. The lowest BCUT2D eigenvalue weighted by Gasteiger charge is -2.35. The predicted molar refractivity (Wildman–Crippen MR) is 127 cm³/mol. The number of aryl methyl sites for hydroxylation is 1. The quantitative estimate of drug-likeness (QED) is 0.350. The number of piperazine rings is 1. The lowest BCUT2D eigenvalue weighted by molar-refractivity contribution is -0.120. The molecule has 1 aromatic heterocycles. The zero-order valence-electron chi connectivity index (χ0n) is 17.8. The standard InChI is InChI=1S/C20H28N6O3.HI/c1-5-21-20(22-11-15-6-7-17(28-3)10-18(15)29-4)25-8-9-26(19(27)14-25)16-12-23-24(2)13-16;/h6-7,10,12-13H,5,8-9,11,14H2,1-4H3,(H,21,22);1H. The highest BCUT2D eigenvalue weighted by atomic mass is 127. The molecule has 0 radical (unpaired) electrons. The van der Waals surface area contributed by atoms with E-state index in [0.29, 0.717) is 25.6 Å². The topological polar surface area (TPSA) is 84.2 Å². The monoisotopic (exact) mass is 528 g/mol.